The number of rotatable bonds is 7. The lowest BCUT2D eigenvalue weighted by atomic mass is 10.0. The molecular weight excluding hydrogens is 398 g/mol. The lowest BCUT2D eigenvalue weighted by Crippen LogP contribution is -2.47. The van der Waals surface area contributed by atoms with Gasteiger partial charge in [-0.15, -0.1) is 10.2 Å². The molecular formula is C22H29N5O2S. The summed E-state index contributed by atoms with van der Waals surface area (Å²) in [4.78, 5) is 26.6. The molecule has 7 nitrogen and oxygen atoms in total. The molecule has 0 radical (unpaired) electrons. The number of piperidine rings is 1. The van der Waals surface area contributed by atoms with Crippen molar-refractivity contribution in [2.45, 2.75) is 57.3 Å². The van der Waals surface area contributed by atoms with Gasteiger partial charge in [0.1, 0.15) is 0 Å². The molecule has 1 aliphatic heterocycles. The molecule has 0 spiro atoms. The van der Waals surface area contributed by atoms with Crippen molar-refractivity contribution < 1.29 is 9.59 Å². The van der Waals surface area contributed by atoms with E-state index in [2.05, 4.69) is 46.1 Å². The zero-order chi connectivity index (χ0) is 21.1. The minimum absolute atomic E-state index is 0.00901. The van der Waals surface area contributed by atoms with Crippen molar-refractivity contribution >= 4 is 23.6 Å². The van der Waals surface area contributed by atoms with E-state index >= 15 is 0 Å². The van der Waals surface area contributed by atoms with E-state index in [1.807, 2.05) is 17.0 Å². The van der Waals surface area contributed by atoms with Crippen LogP contribution in [0.5, 0.6) is 0 Å². The Labute approximate surface area is 181 Å². The Morgan fingerprint density at radius 1 is 1.17 bits per heavy atom. The van der Waals surface area contributed by atoms with Gasteiger partial charge in [0, 0.05) is 37.2 Å². The van der Waals surface area contributed by atoms with Crippen LogP contribution in [0.3, 0.4) is 0 Å². The summed E-state index contributed by atoms with van der Waals surface area (Å²) < 4.78 is 2.05. The molecule has 30 heavy (non-hydrogen) atoms. The second-order valence-corrected chi connectivity index (χ2v) is 9.09. The highest BCUT2D eigenvalue weighted by Gasteiger charge is 2.35. The molecule has 0 atom stereocenters. The van der Waals surface area contributed by atoms with Crippen molar-refractivity contribution in [1.29, 1.82) is 0 Å². The summed E-state index contributed by atoms with van der Waals surface area (Å²) in [7, 11) is 0. The zero-order valence-corrected chi connectivity index (χ0v) is 18.5. The monoisotopic (exact) mass is 427 g/mol. The van der Waals surface area contributed by atoms with E-state index < -0.39 is 0 Å². The first-order valence-electron chi connectivity index (χ1n) is 10.8. The van der Waals surface area contributed by atoms with Gasteiger partial charge in [0.05, 0.1) is 5.75 Å². The van der Waals surface area contributed by atoms with E-state index in [0.29, 0.717) is 11.7 Å². The predicted octanol–water partition coefficient (Wildman–Crippen LogP) is 2.88. The summed E-state index contributed by atoms with van der Waals surface area (Å²) in [6.07, 6.45) is 3.75. The maximum absolute atomic E-state index is 12.5. The van der Waals surface area contributed by atoms with E-state index in [4.69, 9.17) is 0 Å². The fourth-order valence-corrected chi connectivity index (χ4v) is 4.72. The third kappa shape index (κ3) is 4.86. The summed E-state index contributed by atoms with van der Waals surface area (Å²) in [5, 5.41) is 12.6. The molecule has 1 saturated carbocycles. The van der Waals surface area contributed by atoms with Gasteiger partial charge in [-0.25, -0.2) is 0 Å². The Hall–Kier alpha value is -2.35. The van der Waals surface area contributed by atoms with Crippen LogP contribution < -0.4 is 5.32 Å². The number of aromatic nitrogens is 3. The van der Waals surface area contributed by atoms with E-state index in [-0.39, 0.29) is 17.9 Å². The molecule has 160 valence electrons. The number of nitrogens with zero attached hydrogens (tertiary/aromatic N) is 4. The van der Waals surface area contributed by atoms with Crippen molar-refractivity contribution in [3.05, 3.63) is 29.8 Å². The number of likely N-dealkylation sites (tertiary alicyclic amines) is 1. The largest absolute Gasteiger partial charge is 0.353 e. The van der Waals surface area contributed by atoms with Crippen molar-refractivity contribution in [2.75, 3.05) is 18.8 Å². The second kappa shape index (κ2) is 9.20. The molecule has 8 heteroatoms. The van der Waals surface area contributed by atoms with Crippen molar-refractivity contribution in [1.82, 2.24) is 25.0 Å². The Morgan fingerprint density at radius 2 is 1.93 bits per heavy atom. The number of carbonyl (C=O) groups excluding carboxylic acids is 2. The highest BCUT2D eigenvalue weighted by molar-refractivity contribution is 7.99. The number of benzene rings is 1. The van der Waals surface area contributed by atoms with Gasteiger partial charge in [-0.3, -0.25) is 9.59 Å². The average molecular weight is 428 g/mol. The molecule has 2 aromatic rings. The minimum atomic E-state index is 0.00901. The number of carbonyl (C=O) groups is 2. The first-order chi connectivity index (χ1) is 14.5. The summed E-state index contributed by atoms with van der Waals surface area (Å²) in [5.41, 5.74) is 2.21. The molecule has 0 bridgehead atoms. The van der Waals surface area contributed by atoms with Gasteiger partial charge in [-0.05, 0) is 45.6 Å². The Bertz CT molecular complexity index is 916. The molecule has 1 aliphatic carbocycles. The SMILES string of the molecule is CCn1c(SCC(=O)NC2CCN(C(=O)C3CC3)CC2)nnc1-c1cccc(C)c1. The molecule has 1 N–H and O–H groups in total. The van der Waals surface area contributed by atoms with Crippen LogP contribution in [-0.4, -0.2) is 56.4 Å². The van der Waals surface area contributed by atoms with E-state index in [9.17, 15) is 9.59 Å². The molecule has 1 aromatic heterocycles. The maximum Gasteiger partial charge on any atom is 0.230 e. The van der Waals surface area contributed by atoms with E-state index in [1.54, 1.807) is 0 Å². The van der Waals surface area contributed by atoms with Gasteiger partial charge in [0.15, 0.2) is 11.0 Å². The zero-order valence-electron chi connectivity index (χ0n) is 17.6. The number of amides is 2. The van der Waals surface area contributed by atoms with Crippen LogP contribution >= 0.6 is 11.8 Å². The van der Waals surface area contributed by atoms with Gasteiger partial charge in [-0.2, -0.15) is 0 Å². The average Bonchev–Trinajstić information content (AvgIpc) is 3.52. The minimum Gasteiger partial charge on any atom is -0.353 e. The maximum atomic E-state index is 12.5. The van der Waals surface area contributed by atoms with Crippen molar-refractivity contribution in [3.8, 4) is 11.4 Å². The van der Waals surface area contributed by atoms with Crippen LogP contribution in [0.25, 0.3) is 11.4 Å². The second-order valence-electron chi connectivity index (χ2n) is 8.15. The molecule has 2 fully saturated rings. The highest BCUT2D eigenvalue weighted by atomic mass is 32.2. The summed E-state index contributed by atoms with van der Waals surface area (Å²) >= 11 is 1.42. The van der Waals surface area contributed by atoms with Crippen LogP contribution in [0.1, 0.15) is 38.2 Å². The molecule has 4 rings (SSSR count). The highest BCUT2D eigenvalue weighted by Crippen LogP contribution is 2.32. The number of nitrogens with one attached hydrogen (secondary N) is 1. The predicted molar refractivity (Wildman–Crippen MR) is 117 cm³/mol. The molecule has 0 unspecified atom stereocenters. The Balaban J connectivity index is 1.28. The van der Waals surface area contributed by atoms with Gasteiger partial charge < -0.3 is 14.8 Å². The number of hydrogen-bond acceptors (Lipinski definition) is 5. The Morgan fingerprint density at radius 3 is 2.60 bits per heavy atom. The lowest BCUT2D eigenvalue weighted by Gasteiger charge is -2.32. The van der Waals surface area contributed by atoms with Gasteiger partial charge >= 0.3 is 0 Å². The molecule has 2 aliphatic rings. The van der Waals surface area contributed by atoms with E-state index in [0.717, 1.165) is 61.9 Å². The van der Waals surface area contributed by atoms with Gasteiger partial charge in [0.2, 0.25) is 11.8 Å². The molecule has 1 saturated heterocycles. The normalized spacial score (nSPS) is 17.2. The van der Waals surface area contributed by atoms with Crippen LogP contribution in [0, 0.1) is 12.8 Å². The fraction of sp³-hybridized carbons (Fsp3) is 0.545. The smallest absolute Gasteiger partial charge is 0.230 e. The summed E-state index contributed by atoms with van der Waals surface area (Å²) in [6, 6.07) is 8.35. The fourth-order valence-electron chi connectivity index (χ4n) is 3.91. The van der Waals surface area contributed by atoms with Crippen LogP contribution in [0.15, 0.2) is 29.4 Å². The Kier molecular flexibility index (Phi) is 6.41. The van der Waals surface area contributed by atoms with Crippen molar-refractivity contribution in [2.24, 2.45) is 5.92 Å². The third-order valence-corrected chi connectivity index (χ3v) is 6.71. The molecule has 1 aromatic carbocycles. The number of thioether (sulfide) groups is 1. The number of aryl methyl sites for hydroxylation is 1. The van der Waals surface area contributed by atoms with Crippen LogP contribution in [-0.2, 0) is 16.1 Å². The van der Waals surface area contributed by atoms with Crippen LogP contribution in [0.2, 0.25) is 0 Å². The van der Waals surface area contributed by atoms with E-state index in [1.165, 1.54) is 17.3 Å². The summed E-state index contributed by atoms with van der Waals surface area (Å²) in [5.74, 6) is 1.73. The third-order valence-electron chi connectivity index (χ3n) is 5.74. The number of hydrogen-bond donors (Lipinski definition) is 1. The first kappa shape index (κ1) is 20.9. The molecule has 2 heterocycles. The lowest BCUT2D eigenvalue weighted by molar-refractivity contribution is -0.133. The van der Waals surface area contributed by atoms with Crippen LogP contribution in [0.4, 0.5) is 0 Å². The van der Waals surface area contributed by atoms with Gasteiger partial charge in [0.25, 0.3) is 0 Å². The first-order valence-corrected chi connectivity index (χ1v) is 11.7. The van der Waals surface area contributed by atoms with Gasteiger partial charge in [-0.1, -0.05) is 35.5 Å². The summed E-state index contributed by atoms with van der Waals surface area (Å²) in [6.45, 7) is 6.36. The van der Waals surface area contributed by atoms with Crippen molar-refractivity contribution in [3.63, 3.8) is 0 Å². The topological polar surface area (TPSA) is 80.1 Å². The standard InChI is InChI=1S/C22H29N5O2S/c1-3-27-20(17-6-4-5-15(2)13-17)24-25-22(27)30-14-19(28)23-18-9-11-26(12-10-18)21(29)16-7-8-16/h4-6,13,16,18H,3,7-12,14H2,1-2H3,(H,23,28). The molecule has 2 amide bonds. The quantitative estimate of drug-likeness (QED) is 0.688.